The normalized spacial score (nSPS) is 11.5. The predicted octanol–water partition coefficient (Wildman–Crippen LogP) is 4.78. The maximum absolute atomic E-state index is 12.1. The number of hydrogen-bond donors (Lipinski definition) is 2. The molecule has 0 saturated heterocycles. The Labute approximate surface area is 146 Å². The van der Waals surface area contributed by atoms with E-state index in [1.807, 2.05) is 36.7 Å². The van der Waals surface area contributed by atoms with Crippen LogP contribution in [0.25, 0.3) is 28.6 Å². The van der Waals surface area contributed by atoms with Crippen LogP contribution in [0.2, 0.25) is 0 Å². The van der Waals surface area contributed by atoms with E-state index in [-0.39, 0.29) is 5.97 Å². The van der Waals surface area contributed by atoms with Gasteiger partial charge in [0.2, 0.25) is 0 Å². The summed E-state index contributed by atoms with van der Waals surface area (Å²) in [5.41, 5.74) is 5.34. The number of nitrogens with one attached hydrogen (secondary N) is 2. The lowest BCUT2D eigenvalue weighted by Gasteiger charge is -2.09. The van der Waals surface area contributed by atoms with Gasteiger partial charge in [0.15, 0.2) is 0 Å². The first kappa shape index (κ1) is 16.6. The molecule has 0 fully saturated rings. The van der Waals surface area contributed by atoms with Crippen molar-refractivity contribution in [2.75, 3.05) is 6.61 Å². The van der Waals surface area contributed by atoms with E-state index < -0.39 is 0 Å². The molecule has 0 atom stereocenters. The molecule has 0 spiro atoms. The third-order valence-electron chi connectivity index (χ3n) is 4.07. The summed E-state index contributed by atoms with van der Waals surface area (Å²) in [6.07, 6.45) is 8.77. The molecule has 4 heteroatoms. The number of carbonyl (C=O) groups excluding carboxylic acids is 1. The first-order chi connectivity index (χ1) is 12.2. The second-order valence-corrected chi connectivity index (χ2v) is 5.53. The van der Waals surface area contributed by atoms with Crippen LogP contribution in [-0.2, 0) is 9.53 Å². The lowest BCUT2D eigenvalue weighted by Crippen LogP contribution is -2.02. The molecular weight excluding hydrogens is 312 g/mol. The standard InChI is InChI=1S/C21H20N2O2/c1-4-16-18(13-23-19(16)5-2)17(12-21(24)25-6-3)15-8-7-14-9-10-22-20(14)11-15/h4-5,7-13,22-23H,1-2,6H2,3H3/b17-12-. The van der Waals surface area contributed by atoms with Gasteiger partial charge < -0.3 is 14.7 Å². The molecule has 3 aromatic rings. The van der Waals surface area contributed by atoms with Crippen molar-refractivity contribution in [2.24, 2.45) is 0 Å². The van der Waals surface area contributed by atoms with E-state index in [0.29, 0.717) is 6.61 Å². The average molecular weight is 332 g/mol. The molecule has 2 aromatic heterocycles. The van der Waals surface area contributed by atoms with Gasteiger partial charge in [-0.25, -0.2) is 4.79 Å². The van der Waals surface area contributed by atoms with Gasteiger partial charge in [0.25, 0.3) is 0 Å². The Bertz CT molecular complexity index is 973. The van der Waals surface area contributed by atoms with Crippen molar-refractivity contribution in [2.45, 2.75) is 6.92 Å². The fourth-order valence-corrected chi connectivity index (χ4v) is 2.90. The molecule has 0 aliphatic carbocycles. The summed E-state index contributed by atoms with van der Waals surface area (Å²) in [4.78, 5) is 18.5. The number of hydrogen-bond acceptors (Lipinski definition) is 2. The first-order valence-corrected chi connectivity index (χ1v) is 8.10. The van der Waals surface area contributed by atoms with Crippen LogP contribution >= 0.6 is 0 Å². The molecule has 0 radical (unpaired) electrons. The summed E-state index contributed by atoms with van der Waals surface area (Å²) >= 11 is 0. The molecule has 0 unspecified atom stereocenters. The van der Waals surface area contributed by atoms with Gasteiger partial charge in [-0.1, -0.05) is 31.4 Å². The number of ether oxygens (including phenoxy) is 1. The van der Waals surface area contributed by atoms with Gasteiger partial charge >= 0.3 is 5.97 Å². The Hall–Kier alpha value is -3.27. The smallest absolute Gasteiger partial charge is 0.331 e. The zero-order valence-corrected chi connectivity index (χ0v) is 14.1. The van der Waals surface area contributed by atoms with Crippen molar-refractivity contribution in [3.05, 3.63) is 78.3 Å². The topological polar surface area (TPSA) is 57.9 Å². The third kappa shape index (κ3) is 3.19. The number of aromatic nitrogens is 2. The number of rotatable bonds is 6. The molecule has 0 aliphatic rings. The summed E-state index contributed by atoms with van der Waals surface area (Å²) in [5.74, 6) is -0.375. The van der Waals surface area contributed by atoms with Crippen LogP contribution in [0.1, 0.15) is 29.3 Å². The Kier molecular flexibility index (Phi) is 4.70. The minimum Gasteiger partial charge on any atom is -0.463 e. The van der Waals surface area contributed by atoms with Crippen molar-refractivity contribution < 1.29 is 9.53 Å². The van der Waals surface area contributed by atoms with E-state index in [1.165, 1.54) is 6.08 Å². The average Bonchev–Trinajstić information content (AvgIpc) is 3.25. The molecule has 3 rings (SSSR count). The summed E-state index contributed by atoms with van der Waals surface area (Å²) < 4.78 is 5.12. The Morgan fingerprint density at radius 2 is 2.04 bits per heavy atom. The quantitative estimate of drug-likeness (QED) is 0.504. The highest BCUT2D eigenvalue weighted by Crippen LogP contribution is 2.31. The summed E-state index contributed by atoms with van der Waals surface area (Å²) in [7, 11) is 0. The maximum atomic E-state index is 12.1. The number of H-pyrrole nitrogens is 2. The van der Waals surface area contributed by atoms with Crippen LogP contribution in [-0.4, -0.2) is 22.5 Å². The summed E-state index contributed by atoms with van der Waals surface area (Å²) in [6, 6.07) is 8.05. The van der Waals surface area contributed by atoms with Crippen LogP contribution in [0.3, 0.4) is 0 Å². The molecule has 2 N–H and O–H groups in total. The van der Waals surface area contributed by atoms with Gasteiger partial charge in [0, 0.05) is 40.8 Å². The monoisotopic (exact) mass is 332 g/mol. The molecule has 0 amide bonds. The minimum absolute atomic E-state index is 0.331. The number of fused-ring (bicyclic) bond motifs is 1. The molecule has 2 heterocycles. The van der Waals surface area contributed by atoms with Crippen LogP contribution in [0.15, 0.2) is 55.9 Å². The van der Waals surface area contributed by atoms with E-state index in [4.69, 9.17) is 4.74 Å². The van der Waals surface area contributed by atoms with Crippen LogP contribution in [0.4, 0.5) is 0 Å². The Balaban J connectivity index is 2.19. The zero-order valence-electron chi connectivity index (χ0n) is 14.1. The van der Waals surface area contributed by atoms with Crippen molar-refractivity contribution in [1.29, 1.82) is 0 Å². The zero-order chi connectivity index (χ0) is 17.8. The number of carbonyl (C=O) groups is 1. The Morgan fingerprint density at radius 3 is 2.76 bits per heavy atom. The molecule has 126 valence electrons. The minimum atomic E-state index is -0.375. The van der Waals surface area contributed by atoms with Gasteiger partial charge in [0.05, 0.1) is 6.61 Å². The Morgan fingerprint density at radius 1 is 1.20 bits per heavy atom. The SMILES string of the molecule is C=Cc1[nH]cc(/C(=C\C(=O)OCC)c2ccc3cc[nH]c3c2)c1C=C. The molecule has 0 bridgehead atoms. The van der Waals surface area contributed by atoms with Crippen molar-refractivity contribution >= 4 is 34.6 Å². The highest BCUT2D eigenvalue weighted by Gasteiger charge is 2.15. The predicted molar refractivity (Wildman–Crippen MR) is 103 cm³/mol. The van der Waals surface area contributed by atoms with Crippen molar-refractivity contribution in [3.63, 3.8) is 0 Å². The lowest BCUT2D eigenvalue weighted by molar-refractivity contribution is -0.137. The van der Waals surface area contributed by atoms with E-state index >= 15 is 0 Å². The van der Waals surface area contributed by atoms with Gasteiger partial charge in [-0.3, -0.25) is 0 Å². The molecular formula is C21H20N2O2. The summed E-state index contributed by atoms with van der Waals surface area (Å²) in [5, 5.41) is 1.11. The second-order valence-electron chi connectivity index (χ2n) is 5.53. The van der Waals surface area contributed by atoms with E-state index in [1.54, 1.807) is 19.1 Å². The molecule has 0 saturated carbocycles. The highest BCUT2D eigenvalue weighted by molar-refractivity contribution is 5.99. The van der Waals surface area contributed by atoms with Gasteiger partial charge in [-0.2, -0.15) is 0 Å². The van der Waals surface area contributed by atoms with Crippen molar-refractivity contribution in [1.82, 2.24) is 9.97 Å². The van der Waals surface area contributed by atoms with Gasteiger partial charge in [-0.15, -0.1) is 0 Å². The molecule has 4 nitrogen and oxygen atoms in total. The molecule has 1 aromatic carbocycles. The number of aromatic amines is 2. The second kappa shape index (κ2) is 7.09. The van der Waals surface area contributed by atoms with Crippen LogP contribution in [0, 0.1) is 0 Å². The number of esters is 1. The van der Waals surface area contributed by atoms with Crippen LogP contribution < -0.4 is 0 Å². The largest absolute Gasteiger partial charge is 0.463 e. The van der Waals surface area contributed by atoms with E-state index in [0.717, 1.165) is 38.9 Å². The molecule has 25 heavy (non-hydrogen) atoms. The fraction of sp³-hybridized carbons (Fsp3) is 0.0952. The lowest BCUT2D eigenvalue weighted by atomic mass is 9.95. The third-order valence-corrected chi connectivity index (χ3v) is 4.07. The fourth-order valence-electron chi connectivity index (χ4n) is 2.90. The number of benzene rings is 1. The van der Waals surface area contributed by atoms with Gasteiger partial charge in [-0.05, 0) is 41.7 Å². The highest BCUT2D eigenvalue weighted by atomic mass is 16.5. The van der Waals surface area contributed by atoms with E-state index in [2.05, 4.69) is 23.1 Å². The van der Waals surface area contributed by atoms with Crippen molar-refractivity contribution in [3.8, 4) is 0 Å². The van der Waals surface area contributed by atoms with Gasteiger partial charge in [0.1, 0.15) is 0 Å². The first-order valence-electron chi connectivity index (χ1n) is 8.10. The molecule has 0 aliphatic heterocycles. The summed E-state index contributed by atoms with van der Waals surface area (Å²) in [6.45, 7) is 9.82. The van der Waals surface area contributed by atoms with Crippen LogP contribution in [0.5, 0.6) is 0 Å². The van der Waals surface area contributed by atoms with E-state index in [9.17, 15) is 4.79 Å². The maximum Gasteiger partial charge on any atom is 0.331 e.